The maximum Gasteiger partial charge on any atom is 0.338 e. The van der Waals surface area contributed by atoms with Gasteiger partial charge in [-0.2, -0.15) is 0 Å². The summed E-state index contributed by atoms with van der Waals surface area (Å²) in [7, 11) is 0. The molecule has 0 aliphatic rings. The number of nitro benzene ring substituents is 1. The van der Waals surface area contributed by atoms with Gasteiger partial charge in [-0.15, -0.1) is 0 Å². The molecule has 19 heavy (non-hydrogen) atoms. The molecule has 0 radical (unpaired) electrons. The van der Waals surface area contributed by atoms with E-state index in [2.05, 4.69) is 15.9 Å². The molecule has 0 N–H and O–H groups in total. The summed E-state index contributed by atoms with van der Waals surface area (Å²) < 4.78 is 4.81. The van der Waals surface area contributed by atoms with Crippen molar-refractivity contribution in [1.29, 1.82) is 0 Å². The molecule has 1 aromatic rings. The van der Waals surface area contributed by atoms with Crippen molar-refractivity contribution < 1.29 is 19.2 Å². The van der Waals surface area contributed by atoms with E-state index in [0.717, 1.165) is 0 Å². The van der Waals surface area contributed by atoms with Gasteiger partial charge < -0.3 is 4.74 Å². The monoisotopic (exact) mass is 329 g/mol. The second-order valence-corrected chi connectivity index (χ2v) is 4.64. The van der Waals surface area contributed by atoms with Gasteiger partial charge in [0.25, 0.3) is 5.69 Å². The van der Waals surface area contributed by atoms with E-state index >= 15 is 0 Å². The lowest BCUT2D eigenvalue weighted by molar-refractivity contribution is -0.385. The first-order chi connectivity index (χ1) is 8.88. The number of esters is 1. The Morgan fingerprint density at radius 3 is 2.58 bits per heavy atom. The molecule has 7 heteroatoms. The molecule has 1 aromatic carbocycles. The minimum absolute atomic E-state index is 0.142. The van der Waals surface area contributed by atoms with Crippen LogP contribution in [0, 0.1) is 10.1 Å². The van der Waals surface area contributed by atoms with E-state index in [1.807, 2.05) is 0 Å². The molecule has 0 saturated heterocycles. The van der Waals surface area contributed by atoms with Crippen molar-refractivity contribution in [2.45, 2.75) is 18.7 Å². The lowest BCUT2D eigenvalue weighted by Gasteiger charge is -2.09. The number of ether oxygens (including phenoxy) is 1. The van der Waals surface area contributed by atoms with Crippen LogP contribution in [0.4, 0.5) is 5.69 Å². The van der Waals surface area contributed by atoms with Gasteiger partial charge >= 0.3 is 5.97 Å². The third-order valence-electron chi connectivity index (χ3n) is 2.37. The molecule has 6 nitrogen and oxygen atoms in total. The van der Waals surface area contributed by atoms with Crippen LogP contribution in [0.3, 0.4) is 0 Å². The highest BCUT2D eigenvalue weighted by Gasteiger charge is 2.25. The van der Waals surface area contributed by atoms with Crippen molar-refractivity contribution in [2.24, 2.45) is 0 Å². The molecule has 0 aromatic heterocycles. The van der Waals surface area contributed by atoms with E-state index < -0.39 is 15.7 Å². The Morgan fingerprint density at radius 1 is 1.47 bits per heavy atom. The van der Waals surface area contributed by atoms with Gasteiger partial charge in [0.15, 0.2) is 0 Å². The average molecular weight is 330 g/mol. The summed E-state index contributed by atoms with van der Waals surface area (Å²) in [5, 5.41) is 10.9. The van der Waals surface area contributed by atoms with Crippen LogP contribution in [0.2, 0.25) is 0 Å². The van der Waals surface area contributed by atoms with Crippen LogP contribution in [0.25, 0.3) is 0 Å². The number of carbonyl (C=O) groups excluding carboxylic acids is 2. The Kier molecular flexibility index (Phi) is 5.17. The van der Waals surface area contributed by atoms with Crippen LogP contribution in [-0.2, 0) is 9.53 Å². The van der Waals surface area contributed by atoms with E-state index in [0.29, 0.717) is 0 Å². The molecule has 0 heterocycles. The fourth-order valence-electron chi connectivity index (χ4n) is 1.48. The molecule has 1 atom stereocenters. The van der Waals surface area contributed by atoms with Gasteiger partial charge in [0, 0.05) is 6.07 Å². The fraction of sp³-hybridized carbons (Fsp3) is 0.333. The van der Waals surface area contributed by atoms with E-state index in [9.17, 15) is 19.7 Å². The predicted octanol–water partition coefficient (Wildman–Crippen LogP) is 2.80. The van der Waals surface area contributed by atoms with Crippen molar-refractivity contribution >= 4 is 33.4 Å². The highest BCUT2D eigenvalue weighted by molar-refractivity contribution is 9.09. The smallest absolute Gasteiger partial charge is 0.338 e. The molecule has 0 aliphatic carbocycles. The Morgan fingerprint density at radius 2 is 2.11 bits per heavy atom. The minimum atomic E-state index is -0.831. The number of alkyl halides is 1. The van der Waals surface area contributed by atoms with Gasteiger partial charge in [-0.05, 0) is 26.0 Å². The predicted molar refractivity (Wildman–Crippen MR) is 71.4 cm³/mol. The first kappa shape index (κ1) is 15.3. The summed E-state index contributed by atoms with van der Waals surface area (Å²) in [5.41, 5.74) is 0.0985. The normalized spacial score (nSPS) is 11.7. The zero-order valence-corrected chi connectivity index (χ0v) is 12.0. The molecule has 0 amide bonds. The molecule has 0 bridgehead atoms. The summed E-state index contributed by atoms with van der Waals surface area (Å²) in [6.45, 7) is 3.17. The summed E-state index contributed by atoms with van der Waals surface area (Å²) in [4.78, 5) is 32.4. The number of nitro groups is 1. The quantitative estimate of drug-likeness (QED) is 0.359. The van der Waals surface area contributed by atoms with E-state index in [1.165, 1.54) is 25.1 Å². The molecule has 0 fully saturated rings. The zero-order chi connectivity index (χ0) is 14.6. The Balaban J connectivity index is 3.29. The second-order valence-electron chi connectivity index (χ2n) is 3.72. The number of Topliss-reactive ketones (excluding diaryl/α,β-unsaturated/α-hetero) is 1. The number of halogens is 1. The Bertz CT molecular complexity index is 529. The molecular weight excluding hydrogens is 318 g/mol. The maximum atomic E-state index is 11.6. The number of nitrogens with zero attached hydrogens (tertiary/aromatic N) is 1. The molecule has 0 saturated carbocycles. The number of benzene rings is 1. The highest BCUT2D eigenvalue weighted by Crippen LogP contribution is 2.32. The molecular formula is C12H12BrNO5. The van der Waals surface area contributed by atoms with Crippen molar-refractivity contribution in [3.63, 3.8) is 0 Å². The first-order valence-corrected chi connectivity index (χ1v) is 6.40. The number of hydrogen-bond donors (Lipinski definition) is 0. The Hall–Kier alpha value is -1.76. The topological polar surface area (TPSA) is 86.5 Å². The van der Waals surface area contributed by atoms with Gasteiger partial charge in [0.05, 0.1) is 22.7 Å². The molecule has 0 aliphatic heterocycles. The molecule has 102 valence electrons. The van der Waals surface area contributed by atoms with Crippen molar-refractivity contribution in [1.82, 2.24) is 0 Å². The average Bonchev–Trinajstić information content (AvgIpc) is 2.37. The second kappa shape index (κ2) is 6.42. The van der Waals surface area contributed by atoms with Gasteiger partial charge in [-0.3, -0.25) is 14.9 Å². The third kappa shape index (κ3) is 3.60. The highest BCUT2D eigenvalue weighted by atomic mass is 79.9. The lowest BCUT2D eigenvalue weighted by atomic mass is 10.0. The Labute approximate surface area is 118 Å². The molecule has 1 rings (SSSR count). The summed E-state index contributed by atoms with van der Waals surface area (Å²) in [5.74, 6) is -0.869. The number of carbonyl (C=O) groups is 2. The molecule has 1 unspecified atom stereocenters. The summed E-state index contributed by atoms with van der Waals surface area (Å²) in [6, 6.07) is 3.80. The number of hydrogen-bond acceptors (Lipinski definition) is 5. The van der Waals surface area contributed by atoms with Crippen molar-refractivity contribution in [3.8, 4) is 0 Å². The maximum absolute atomic E-state index is 11.6. The van der Waals surface area contributed by atoms with Crippen molar-refractivity contribution in [3.05, 3.63) is 39.4 Å². The van der Waals surface area contributed by atoms with Crippen LogP contribution in [-0.4, -0.2) is 23.3 Å². The van der Waals surface area contributed by atoms with E-state index in [-0.39, 0.29) is 29.2 Å². The largest absolute Gasteiger partial charge is 0.462 e. The van der Waals surface area contributed by atoms with Gasteiger partial charge in [-0.25, -0.2) is 4.79 Å². The number of ketones is 1. The fourth-order valence-corrected chi connectivity index (χ4v) is 1.85. The molecule has 0 spiro atoms. The number of rotatable bonds is 5. The first-order valence-electron chi connectivity index (χ1n) is 5.48. The van der Waals surface area contributed by atoms with Crippen molar-refractivity contribution in [2.75, 3.05) is 6.61 Å². The van der Waals surface area contributed by atoms with Crippen LogP contribution in [0.15, 0.2) is 18.2 Å². The SMILES string of the molecule is CCOC(=O)c1ccc([N+](=O)[O-])c(C(Br)C(C)=O)c1. The minimum Gasteiger partial charge on any atom is -0.462 e. The van der Waals surface area contributed by atoms with Gasteiger partial charge in [0.2, 0.25) is 0 Å². The van der Waals surface area contributed by atoms with Crippen LogP contribution >= 0.6 is 15.9 Å². The van der Waals surface area contributed by atoms with E-state index in [4.69, 9.17) is 4.74 Å². The van der Waals surface area contributed by atoms with E-state index in [1.54, 1.807) is 6.92 Å². The van der Waals surface area contributed by atoms with Crippen LogP contribution in [0.1, 0.15) is 34.6 Å². The summed E-state index contributed by atoms with van der Waals surface area (Å²) >= 11 is 3.09. The lowest BCUT2D eigenvalue weighted by Crippen LogP contribution is -2.09. The van der Waals surface area contributed by atoms with Gasteiger partial charge in [0.1, 0.15) is 10.6 Å². The summed E-state index contributed by atoms with van der Waals surface area (Å²) in [6.07, 6.45) is 0. The van der Waals surface area contributed by atoms with Crippen LogP contribution < -0.4 is 0 Å². The van der Waals surface area contributed by atoms with Gasteiger partial charge in [-0.1, -0.05) is 15.9 Å². The van der Waals surface area contributed by atoms with Crippen LogP contribution in [0.5, 0.6) is 0 Å². The standard InChI is InChI=1S/C12H12BrNO5/c1-3-19-12(16)8-4-5-10(14(17)18)9(6-8)11(13)7(2)15/h4-6,11H,3H2,1-2H3. The third-order valence-corrected chi connectivity index (χ3v) is 3.50. The zero-order valence-electron chi connectivity index (χ0n) is 10.4.